The molecule has 0 heterocycles. The van der Waals surface area contributed by atoms with Crippen LogP contribution < -0.4 is 5.32 Å². The molecule has 3 aromatic carbocycles. The Kier molecular flexibility index (Phi) is 4.95. The van der Waals surface area contributed by atoms with E-state index in [1.54, 1.807) is 6.92 Å². The van der Waals surface area contributed by atoms with Gasteiger partial charge in [0.1, 0.15) is 11.6 Å². The Hall–Kier alpha value is -3.65. The molecule has 1 N–H and O–H groups in total. The minimum absolute atomic E-state index is 0.138. The van der Waals surface area contributed by atoms with Crippen molar-refractivity contribution in [1.29, 1.82) is 5.26 Å². The van der Waals surface area contributed by atoms with Gasteiger partial charge in [-0.2, -0.15) is 5.26 Å². The number of benzene rings is 3. The second-order valence-electron chi connectivity index (χ2n) is 5.58. The lowest BCUT2D eigenvalue weighted by atomic mass is 9.95. The first-order valence-corrected chi connectivity index (χ1v) is 8.14. The molecule has 3 aromatic rings. The normalized spacial score (nSPS) is 11.2. The summed E-state index contributed by atoms with van der Waals surface area (Å²) in [6, 6.07) is 19.4. The molecule has 0 aliphatic heterocycles. The van der Waals surface area contributed by atoms with Gasteiger partial charge in [-0.15, -0.1) is 0 Å². The monoisotopic (exact) mass is 344 g/mol. The zero-order valence-electron chi connectivity index (χ0n) is 14.2. The molecule has 128 valence electrons. The molecule has 0 atom stereocenters. The van der Waals surface area contributed by atoms with E-state index >= 15 is 0 Å². The summed E-state index contributed by atoms with van der Waals surface area (Å²) in [5, 5.41) is 15.3. The quantitative estimate of drug-likeness (QED) is 0.439. The second kappa shape index (κ2) is 7.49. The SMILES string of the molecule is CCOC(=O)NC(=O)/C(C#N)=C/c1c2ccccc2cc2ccccc12. The Labute approximate surface area is 150 Å². The summed E-state index contributed by atoms with van der Waals surface area (Å²) in [5.74, 6) is -0.789. The number of nitrogens with one attached hydrogen (secondary N) is 1. The summed E-state index contributed by atoms with van der Waals surface area (Å²) in [7, 11) is 0. The largest absolute Gasteiger partial charge is 0.450 e. The maximum atomic E-state index is 12.2. The Morgan fingerprint density at radius 3 is 2.19 bits per heavy atom. The summed E-state index contributed by atoms with van der Waals surface area (Å²) >= 11 is 0. The average molecular weight is 344 g/mol. The van der Waals surface area contributed by atoms with Gasteiger partial charge in [-0.3, -0.25) is 10.1 Å². The molecule has 0 bridgehead atoms. The minimum Gasteiger partial charge on any atom is -0.450 e. The maximum absolute atomic E-state index is 12.2. The first-order chi connectivity index (χ1) is 12.6. The predicted octanol–water partition coefficient (Wildman–Crippen LogP) is 4.17. The van der Waals surface area contributed by atoms with Crippen LogP contribution in [0, 0.1) is 11.3 Å². The molecule has 0 radical (unpaired) electrons. The van der Waals surface area contributed by atoms with Gasteiger partial charge in [-0.1, -0.05) is 48.5 Å². The first kappa shape index (κ1) is 17.2. The molecule has 5 nitrogen and oxygen atoms in total. The van der Waals surface area contributed by atoms with Gasteiger partial charge in [0.2, 0.25) is 0 Å². The van der Waals surface area contributed by atoms with Crippen molar-refractivity contribution in [3.05, 3.63) is 65.7 Å². The van der Waals surface area contributed by atoms with Crippen molar-refractivity contribution in [3.63, 3.8) is 0 Å². The molecular formula is C21H16N2O3. The van der Waals surface area contributed by atoms with Crippen molar-refractivity contribution in [2.45, 2.75) is 6.92 Å². The molecular weight excluding hydrogens is 328 g/mol. The van der Waals surface area contributed by atoms with Crippen molar-refractivity contribution < 1.29 is 14.3 Å². The molecule has 0 aliphatic carbocycles. The lowest BCUT2D eigenvalue weighted by molar-refractivity contribution is -0.116. The third-order valence-electron chi connectivity index (χ3n) is 3.96. The highest BCUT2D eigenvalue weighted by Crippen LogP contribution is 2.30. The fraction of sp³-hybridized carbons (Fsp3) is 0.0952. The van der Waals surface area contributed by atoms with Crippen molar-refractivity contribution >= 4 is 39.6 Å². The third kappa shape index (κ3) is 3.40. The number of carbonyl (C=O) groups excluding carboxylic acids is 2. The number of amides is 2. The van der Waals surface area contributed by atoms with Gasteiger partial charge in [-0.05, 0) is 46.2 Å². The number of nitrogens with zero attached hydrogens (tertiary/aromatic N) is 1. The van der Waals surface area contributed by atoms with Gasteiger partial charge in [0.25, 0.3) is 5.91 Å². The maximum Gasteiger partial charge on any atom is 0.414 e. The first-order valence-electron chi connectivity index (χ1n) is 8.14. The van der Waals surface area contributed by atoms with Crippen LogP contribution in [-0.2, 0) is 9.53 Å². The number of imide groups is 1. The highest BCUT2D eigenvalue weighted by Gasteiger charge is 2.15. The predicted molar refractivity (Wildman–Crippen MR) is 100 cm³/mol. The van der Waals surface area contributed by atoms with E-state index in [9.17, 15) is 14.9 Å². The summed E-state index contributed by atoms with van der Waals surface area (Å²) in [6.07, 6.45) is 0.639. The number of ether oxygens (including phenoxy) is 1. The van der Waals surface area contributed by atoms with Gasteiger partial charge >= 0.3 is 6.09 Å². The van der Waals surface area contributed by atoms with E-state index in [0.29, 0.717) is 0 Å². The van der Waals surface area contributed by atoms with E-state index in [2.05, 4.69) is 11.4 Å². The number of carbonyl (C=O) groups is 2. The number of hydrogen-bond acceptors (Lipinski definition) is 4. The molecule has 26 heavy (non-hydrogen) atoms. The smallest absolute Gasteiger partial charge is 0.414 e. The average Bonchev–Trinajstić information content (AvgIpc) is 2.65. The Morgan fingerprint density at radius 1 is 1.08 bits per heavy atom. The van der Waals surface area contributed by atoms with Crippen LogP contribution in [0.25, 0.3) is 27.6 Å². The summed E-state index contributed by atoms with van der Waals surface area (Å²) < 4.78 is 4.69. The number of fused-ring (bicyclic) bond motifs is 2. The van der Waals surface area contributed by atoms with Crippen molar-refractivity contribution in [3.8, 4) is 6.07 Å². The fourth-order valence-corrected chi connectivity index (χ4v) is 2.82. The number of hydrogen-bond donors (Lipinski definition) is 1. The molecule has 0 saturated carbocycles. The zero-order chi connectivity index (χ0) is 18.5. The van der Waals surface area contributed by atoms with Crippen LogP contribution in [0.1, 0.15) is 12.5 Å². The van der Waals surface area contributed by atoms with E-state index in [-0.39, 0.29) is 12.2 Å². The highest BCUT2D eigenvalue weighted by atomic mass is 16.5. The highest BCUT2D eigenvalue weighted by molar-refractivity contribution is 6.13. The van der Waals surface area contributed by atoms with Gasteiger partial charge in [0, 0.05) is 0 Å². The van der Waals surface area contributed by atoms with E-state index in [0.717, 1.165) is 27.1 Å². The molecule has 0 aliphatic rings. The number of rotatable bonds is 3. The van der Waals surface area contributed by atoms with Crippen LogP contribution in [0.4, 0.5) is 4.79 Å². The lowest BCUT2D eigenvalue weighted by Gasteiger charge is -2.09. The number of alkyl carbamates (subject to hydrolysis) is 1. The van der Waals surface area contributed by atoms with E-state index < -0.39 is 12.0 Å². The molecule has 2 amide bonds. The number of nitriles is 1. The van der Waals surface area contributed by atoms with Crippen LogP contribution in [-0.4, -0.2) is 18.6 Å². The van der Waals surface area contributed by atoms with Gasteiger partial charge in [0.05, 0.1) is 6.61 Å². The molecule has 3 rings (SSSR count). The molecule has 0 aromatic heterocycles. The lowest BCUT2D eigenvalue weighted by Crippen LogP contribution is -2.31. The van der Waals surface area contributed by atoms with Crippen molar-refractivity contribution in [2.75, 3.05) is 6.61 Å². The van der Waals surface area contributed by atoms with Crippen molar-refractivity contribution in [1.82, 2.24) is 5.32 Å². The van der Waals surface area contributed by atoms with E-state index in [1.807, 2.05) is 54.6 Å². The van der Waals surface area contributed by atoms with Gasteiger partial charge < -0.3 is 4.74 Å². The fourth-order valence-electron chi connectivity index (χ4n) is 2.82. The molecule has 0 fully saturated rings. The zero-order valence-corrected chi connectivity index (χ0v) is 14.2. The topological polar surface area (TPSA) is 79.2 Å². The standard InChI is InChI=1S/C21H16N2O3/c1-2-26-21(25)23-20(24)16(13-22)12-19-17-9-5-3-7-14(17)11-15-8-4-6-10-18(15)19/h3-12H,2H2,1H3,(H,23,24,25)/b16-12+. The summed E-state index contributed by atoms with van der Waals surface area (Å²) in [5.41, 5.74) is 0.591. The van der Waals surface area contributed by atoms with Crippen LogP contribution in [0.3, 0.4) is 0 Å². The molecule has 0 unspecified atom stereocenters. The Bertz CT molecular complexity index is 1020. The van der Waals surface area contributed by atoms with E-state index in [1.165, 1.54) is 6.08 Å². The second-order valence-corrected chi connectivity index (χ2v) is 5.58. The van der Waals surface area contributed by atoms with Gasteiger partial charge in [0.15, 0.2) is 0 Å². The molecule has 0 spiro atoms. The summed E-state index contributed by atoms with van der Waals surface area (Å²) in [4.78, 5) is 23.7. The Balaban J connectivity index is 2.15. The van der Waals surface area contributed by atoms with Crippen LogP contribution in [0.5, 0.6) is 0 Å². The Morgan fingerprint density at radius 2 is 1.65 bits per heavy atom. The van der Waals surface area contributed by atoms with Crippen LogP contribution >= 0.6 is 0 Å². The minimum atomic E-state index is -0.874. The van der Waals surface area contributed by atoms with Gasteiger partial charge in [-0.25, -0.2) is 4.79 Å². The van der Waals surface area contributed by atoms with Crippen molar-refractivity contribution in [2.24, 2.45) is 0 Å². The van der Waals surface area contributed by atoms with Crippen LogP contribution in [0.2, 0.25) is 0 Å². The summed E-state index contributed by atoms with van der Waals surface area (Å²) in [6.45, 7) is 1.77. The molecule has 5 heteroatoms. The van der Waals surface area contributed by atoms with Crippen LogP contribution in [0.15, 0.2) is 60.2 Å². The third-order valence-corrected chi connectivity index (χ3v) is 3.96. The molecule has 0 saturated heterocycles. The van der Waals surface area contributed by atoms with E-state index in [4.69, 9.17) is 4.74 Å².